The highest BCUT2D eigenvalue weighted by Gasteiger charge is 2.24. The Kier molecular flexibility index (Phi) is 4.27. The minimum absolute atomic E-state index is 0.182. The van der Waals surface area contributed by atoms with Gasteiger partial charge in [-0.1, -0.05) is 18.2 Å². The van der Waals surface area contributed by atoms with Crippen LogP contribution >= 0.6 is 0 Å². The van der Waals surface area contributed by atoms with Gasteiger partial charge in [-0.3, -0.25) is 4.90 Å². The number of aromatic nitrogens is 1. The predicted octanol–water partition coefficient (Wildman–Crippen LogP) is 3.53. The van der Waals surface area contributed by atoms with Crippen molar-refractivity contribution in [3.8, 4) is 5.75 Å². The SMILES string of the molecule is COc1ccc2[nH]cc(C(c3ccccc3C(=O)O)N(C)C)c2c1. The number of methoxy groups -OCH3 is 1. The van der Waals surface area contributed by atoms with Gasteiger partial charge in [0.15, 0.2) is 0 Å². The van der Waals surface area contributed by atoms with Crippen LogP contribution in [0, 0.1) is 0 Å². The Hall–Kier alpha value is -2.79. The van der Waals surface area contributed by atoms with Gasteiger partial charge < -0.3 is 14.8 Å². The van der Waals surface area contributed by atoms with Gasteiger partial charge in [0.25, 0.3) is 0 Å². The number of aromatic amines is 1. The van der Waals surface area contributed by atoms with Crippen LogP contribution in [0.3, 0.4) is 0 Å². The average Bonchev–Trinajstić information content (AvgIpc) is 2.98. The number of benzene rings is 2. The molecule has 0 saturated carbocycles. The lowest BCUT2D eigenvalue weighted by atomic mass is 9.93. The molecule has 0 saturated heterocycles. The molecule has 5 heteroatoms. The van der Waals surface area contributed by atoms with E-state index >= 15 is 0 Å². The van der Waals surface area contributed by atoms with Crippen molar-refractivity contribution in [1.29, 1.82) is 0 Å². The summed E-state index contributed by atoms with van der Waals surface area (Å²) in [5.41, 5.74) is 3.08. The van der Waals surface area contributed by atoms with E-state index in [0.717, 1.165) is 27.8 Å². The Labute approximate surface area is 140 Å². The summed E-state index contributed by atoms with van der Waals surface area (Å²) in [6.45, 7) is 0. The van der Waals surface area contributed by atoms with E-state index in [4.69, 9.17) is 4.74 Å². The van der Waals surface area contributed by atoms with Gasteiger partial charge in [0, 0.05) is 17.1 Å². The van der Waals surface area contributed by atoms with E-state index < -0.39 is 5.97 Å². The molecule has 2 N–H and O–H groups in total. The van der Waals surface area contributed by atoms with Crippen molar-refractivity contribution in [2.45, 2.75) is 6.04 Å². The minimum Gasteiger partial charge on any atom is -0.497 e. The van der Waals surface area contributed by atoms with Gasteiger partial charge in [-0.25, -0.2) is 4.79 Å². The quantitative estimate of drug-likeness (QED) is 0.753. The zero-order valence-electron chi connectivity index (χ0n) is 13.9. The summed E-state index contributed by atoms with van der Waals surface area (Å²) in [6.07, 6.45) is 1.94. The van der Waals surface area contributed by atoms with E-state index in [1.165, 1.54) is 0 Å². The third-order valence-electron chi connectivity index (χ3n) is 4.22. The maximum Gasteiger partial charge on any atom is 0.336 e. The highest BCUT2D eigenvalue weighted by atomic mass is 16.5. The molecule has 0 radical (unpaired) electrons. The summed E-state index contributed by atoms with van der Waals surface area (Å²) in [4.78, 5) is 16.9. The summed E-state index contributed by atoms with van der Waals surface area (Å²) >= 11 is 0. The molecule has 0 aliphatic rings. The fourth-order valence-electron chi connectivity index (χ4n) is 3.13. The lowest BCUT2D eigenvalue weighted by Crippen LogP contribution is -2.23. The molecule has 124 valence electrons. The number of aromatic carboxylic acids is 1. The second-order valence-electron chi connectivity index (χ2n) is 5.91. The highest BCUT2D eigenvalue weighted by molar-refractivity contribution is 5.91. The van der Waals surface area contributed by atoms with Gasteiger partial charge in [0.2, 0.25) is 0 Å². The van der Waals surface area contributed by atoms with Crippen molar-refractivity contribution in [2.24, 2.45) is 0 Å². The van der Waals surface area contributed by atoms with Gasteiger partial charge in [0.05, 0.1) is 18.7 Å². The molecule has 5 nitrogen and oxygen atoms in total. The topological polar surface area (TPSA) is 65.6 Å². The lowest BCUT2D eigenvalue weighted by molar-refractivity contribution is 0.0694. The molecule has 0 spiro atoms. The van der Waals surface area contributed by atoms with E-state index in [1.54, 1.807) is 19.2 Å². The molecule has 3 aromatic rings. The minimum atomic E-state index is -0.921. The van der Waals surface area contributed by atoms with E-state index in [2.05, 4.69) is 4.98 Å². The fourth-order valence-corrected chi connectivity index (χ4v) is 3.13. The summed E-state index contributed by atoms with van der Waals surface area (Å²) in [5.74, 6) is -0.151. The molecule has 24 heavy (non-hydrogen) atoms. The molecular formula is C19H20N2O3. The van der Waals surface area contributed by atoms with Gasteiger partial charge >= 0.3 is 5.97 Å². The van der Waals surface area contributed by atoms with E-state index in [0.29, 0.717) is 5.56 Å². The Morgan fingerprint density at radius 3 is 2.58 bits per heavy atom. The maximum atomic E-state index is 11.6. The normalized spacial score (nSPS) is 12.5. The molecule has 1 atom stereocenters. The number of hydrogen-bond acceptors (Lipinski definition) is 3. The summed E-state index contributed by atoms with van der Waals surface area (Å²) in [5, 5.41) is 10.6. The second-order valence-corrected chi connectivity index (χ2v) is 5.91. The molecule has 0 amide bonds. The van der Waals surface area contributed by atoms with Gasteiger partial charge in [-0.15, -0.1) is 0 Å². The monoisotopic (exact) mass is 324 g/mol. The molecule has 0 aliphatic carbocycles. The third kappa shape index (κ3) is 2.74. The van der Waals surface area contributed by atoms with Gasteiger partial charge in [-0.05, 0) is 49.5 Å². The molecule has 1 heterocycles. The van der Waals surface area contributed by atoms with Crippen LogP contribution in [0.15, 0.2) is 48.7 Å². The molecule has 0 fully saturated rings. The van der Waals surface area contributed by atoms with Crippen molar-refractivity contribution in [3.05, 3.63) is 65.4 Å². The number of hydrogen-bond donors (Lipinski definition) is 2. The van der Waals surface area contributed by atoms with E-state index in [9.17, 15) is 9.90 Å². The van der Waals surface area contributed by atoms with Crippen molar-refractivity contribution in [3.63, 3.8) is 0 Å². The summed E-state index contributed by atoms with van der Waals surface area (Å²) in [6, 6.07) is 12.8. The number of carboxylic acids is 1. The number of nitrogens with one attached hydrogen (secondary N) is 1. The number of fused-ring (bicyclic) bond motifs is 1. The van der Waals surface area contributed by atoms with Crippen molar-refractivity contribution < 1.29 is 14.6 Å². The van der Waals surface area contributed by atoms with Crippen molar-refractivity contribution in [2.75, 3.05) is 21.2 Å². The van der Waals surface area contributed by atoms with Crippen LogP contribution in [-0.2, 0) is 0 Å². The first kappa shape index (κ1) is 16.1. The van der Waals surface area contributed by atoms with Crippen LogP contribution in [0.5, 0.6) is 5.75 Å². The summed E-state index contributed by atoms with van der Waals surface area (Å²) in [7, 11) is 5.53. The Balaban J connectivity index is 2.22. The fraction of sp³-hybridized carbons (Fsp3) is 0.211. The Bertz CT molecular complexity index is 883. The number of ether oxygens (including phenoxy) is 1. The van der Waals surface area contributed by atoms with Gasteiger partial charge in [-0.2, -0.15) is 0 Å². The van der Waals surface area contributed by atoms with Crippen molar-refractivity contribution >= 4 is 16.9 Å². The number of carbonyl (C=O) groups is 1. The smallest absolute Gasteiger partial charge is 0.336 e. The van der Waals surface area contributed by atoms with E-state index in [-0.39, 0.29) is 6.04 Å². The molecule has 3 rings (SSSR count). The maximum absolute atomic E-state index is 11.6. The zero-order valence-corrected chi connectivity index (χ0v) is 13.9. The number of rotatable bonds is 5. The number of H-pyrrole nitrogens is 1. The Morgan fingerprint density at radius 1 is 1.17 bits per heavy atom. The molecule has 1 aromatic heterocycles. The zero-order chi connectivity index (χ0) is 17.3. The van der Waals surface area contributed by atoms with Crippen LogP contribution in [-0.4, -0.2) is 42.2 Å². The van der Waals surface area contributed by atoms with Crippen molar-refractivity contribution in [1.82, 2.24) is 9.88 Å². The van der Waals surface area contributed by atoms with Crippen LogP contribution in [0.1, 0.15) is 27.5 Å². The summed E-state index contributed by atoms with van der Waals surface area (Å²) < 4.78 is 5.33. The van der Waals surface area contributed by atoms with Crippen LogP contribution in [0.2, 0.25) is 0 Å². The molecule has 2 aromatic carbocycles. The molecule has 1 unspecified atom stereocenters. The first-order valence-corrected chi connectivity index (χ1v) is 7.66. The predicted molar refractivity (Wildman–Crippen MR) is 93.8 cm³/mol. The first-order valence-electron chi connectivity index (χ1n) is 7.66. The third-order valence-corrected chi connectivity index (χ3v) is 4.22. The highest BCUT2D eigenvalue weighted by Crippen LogP contribution is 2.35. The van der Waals surface area contributed by atoms with E-state index in [1.807, 2.05) is 55.5 Å². The second kappa shape index (κ2) is 6.37. The van der Waals surface area contributed by atoms with Crippen LogP contribution in [0.4, 0.5) is 0 Å². The number of nitrogens with zero attached hydrogens (tertiary/aromatic N) is 1. The Morgan fingerprint density at radius 2 is 1.92 bits per heavy atom. The molecular weight excluding hydrogens is 304 g/mol. The van der Waals surface area contributed by atoms with Crippen LogP contribution in [0.25, 0.3) is 10.9 Å². The molecule has 0 bridgehead atoms. The standard InChI is InChI=1S/C19H20N2O3/c1-21(2)18(13-6-4-5-7-14(13)19(22)23)16-11-20-17-9-8-12(24-3)10-15(16)17/h4-11,18,20H,1-3H3,(H,22,23). The largest absolute Gasteiger partial charge is 0.497 e. The van der Waals surface area contributed by atoms with Gasteiger partial charge in [0.1, 0.15) is 5.75 Å². The first-order chi connectivity index (χ1) is 11.5. The lowest BCUT2D eigenvalue weighted by Gasteiger charge is -2.26. The molecule has 0 aliphatic heterocycles. The van der Waals surface area contributed by atoms with Crippen LogP contribution < -0.4 is 4.74 Å². The average molecular weight is 324 g/mol. The number of carboxylic acid groups (broad SMARTS) is 1.